The maximum atomic E-state index is 11.6. The van der Waals surface area contributed by atoms with Crippen molar-refractivity contribution in [1.29, 1.82) is 0 Å². The van der Waals surface area contributed by atoms with Crippen LogP contribution in [-0.4, -0.2) is 103 Å². The molecule has 180 valence electrons. The van der Waals surface area contributed by atoms with Crippen LogP contribution in [0.15, 0.2) is 12.1 Å². The van der Waals surface area contributed by atoms with Gasteiger partial charge < -0.3 is 28.9 Å². The first-order chi connectivity index (χ1) is 14.8. The van der Waals surface area contributed by atoms with Crippen LogP contribution in [0.3, 0.4) is 0 Å². The van der Waals surface area contributed by atoms with E-state index in [2.05, 4.69) is 14.7 Å². The molecular formula is C24H45N3O4. The van der Waals surface area contributed by atoms with Crippen LogP contribution >= 0.6 is 0 Å². The van der Waals surface area contributed by atoms with Crippen LogP contribution in [0.25, 0.3) is 0 Å². The second-order valence-electron chi connectivity index (χ2n) is 7.94. The summed E-state index contributed by atoms with van der Waals surface area (Å²) in [4.78, 5) is 17.9. The fourth-order valence-electron chi connectivity index (χ4n) is 2.72. The number of benzene rings is 1. The minimum atomic E-state index is 0.480. The molecule has 1 aromatic carbocycles. The summed E-state index contributed by atoms with van der Waals surface area (Å²) in [6, 6.07) is 3.54. The first-order valence-electron chi connectivity index (χ1n) is 11.3. The predicted octanol–water partition coefficient (Wildman–Crippen LogP) is 3.52. The number of carbonyl (C=O) groups excluding carboxylic acids is 1. The Morgan fingerprint density at radius 1 is 0.677 bits per heavy atom. The Kier molecular flexibility index (Phi) is 16.8. The topological polar surface area (TPSA) is 54.5 Å². The summed E-state index contributed by atoms with van der Waals surface area (Å²) in [5, 5.41) is 0. The summed E-state index contributed by atoms with van der Waals surface area (Å²) in [6.07, 6.45) is 3.45. The number of carbonyl (C=O) groups is 1. The van der Waals surface area contributed by atoms with Crippen molar-refractivity contribution in [2.75, 3.05) is 81.7 Å². The highest BCUT2D eigenvalue weighted by Gasteiger charge is 2.18. The monoisotopic (exact) mass is 439 g/mol. The van der Waals surface area contributed by atoms with Gasteiger partial charge >= 0.3 is 0 Å². The number of ether oxygens (including phenoxy) is 3. The molecule has 0 unspecified atom stereocenters. The average Bonchev–Trinajstić information content (AvgIpc) is 2.73. The molecule has 0 saturated carbocycles. The van der Waals surface area contributed by atoms with Gasteiger partial charge in [0.15, 0.2) is 17.8 Å². The van der Waals surface area contributed by atoms with Gasteiger partial charge in [0.1, 0.15) is 0 Å². The smallest absolute Gasteiger partial charge is 0.204 e. The fraction of sp³-hybridized carbons (Fsp3) is 0.708. The van der Waals surface area contributed by atoms with Crippen molar-refractivity contribution in [1.82, 2.24) is 14.7 Å². The number of nitrogens with zero attached hydrogens (tertiary/aromatic N) is 3. The highest BCUT2D eigenvalue weighted by Crippen LogP contribution is 2.40. The normalized spacial score (nSPS) is 10.8. The Hall–Kier alpha value is -1.83. The van der Waals surface area contributed by atoms with E-state index in [4.69, 9.17) is 14.2 Å². The van der Waals surface area contributed by atoms with Crippen LogP contribution in [0.4, 0.5) is 0 Å². The van der Waals surface area contributed by atoms with E-state index >= 15 is 0 Å². The summed E-state index contributed by atoms with van der Waals surface area (Å²) in [5.41, 5.74) is 0.484. The zero-order valence-electron chi connectivity index (χ0n) is 21.1. The zero-order valence-corrected chi connectivity index (χ0v) is 21.1. The van der Waals surface area contributed by atoms with Crippen molar-refractivity contribution in [2.24, 2.45) is 0 Å². The van der Waals surface area contributed by atoms with Crippen molar-refractivity contribution >= 4 is 6.29 Å². The molecule has 7 nitrogen and oxygen atoms in total. The molecule has 0 bridgehead atoms. The summed E-state index contributed by atoms with van der Waals surface area (Å²) < 4.78 is 18.0. The molecule has 0 atom stereocenters. The molecule has 0 heterocycles. The zero-order chi connectivity index (χ0) is 23.6. The van der Waals surface area contributed by atoms with E-state index in [1.54, 1.807) is 12.1 Å². The summed E-state index contributed by atoms with van der Waals surface area (Å²) in [5.74, 6) is 1.64. The lowest BCUT2D eigenvalue weighted by Crippen LogP contribution is -2.17. The fourth-order valence-corrected chi connectivity index (χ4v) is 2.72. The van der Waals surface area contributed by atoms with Crippen molar-refractivity contribution < 1.29 is 19.0 Å². The van der Waals surface area contributed by atoms with E-state index in [0.717, 1.165) is 45.2 Å². The Morgan fingerprint density at radius 2 is 1.10 bits per heavy atom. The average molecular weight is 440 g/mol. The van der Waals surface area contributed by atoms with Gasteiger partial charge in [0.2, 0.25) is 5.75 Å². The molecule has 0 saturated heterocycles. The van der Waals surface area contributed by atoms with E-state index in [9.17, 15) is 4.79 Å². The van der Waals surface area contributed by atoms with E-state index in [1.165, 1.54) is 0 Å². The lowest BCUT2D eigenvalue weighted by molar-refractivity contribution is 0.111. The Morgan fingerprint density at radius 3 is 1.52 bits per heavy atom. The maximum absolute atomic E-state index is 11.6. The molecule has 31 heavy (non-hydrogen) atoms. The standard InChI is InChI=1S/C22H39N3O4.C2H6/c1-23(2)12-7-15-27-20-11-10-19(18-26)21(28-16-8-13-24(3)4)22(20)29-17-9-14-25(5)6;1-2/h10-11,18H,7-9,12-17H2,1-6H3;1-2H3. The van der Waals surface area contributed by atoms with Gasteiger partial charge in [0.05, 0.1) is 25.4 Å². The van der Waals surface area contributed by atoms with Gasteiger partial charge in [-0.15, -0.1) is 0 Å². The van der Waals surface area contributed by atoms with Gasteiger partial charge in [0.25, 0.3) is 0 Å². The minimum absolute atomic E-state index is 0.480. The first-order valence-corrected chi connectivity index (χ1v) is 11.3. The van der Waals surface area contributed by atoms with Gasteiger partial charge in [0, 0.05) is 19.6 Å². The van der Waals surface area contributed by atoms with Crippen LogP contribution in [0.5, 0.6) is 17.2 Å². The van der Waals surface area contributed by atoms with Crippen LogP contribution in [0.2, 0.25) is 0 Å². The largest absolute Gasteiger partial charge is 0.489 e. The Balaban J connectivity index is 0.00000436. The first kappa shape index (κ1) is 29.2. The molecule has 0 amide bonds. The summed E-state index contributed by atoms with van der Waals surface area (Å²) >= 11 is 0. The third-order valence-corrected chi connectivity index (χ3v) is 4.23. The molecule has 7 heteroatoms. The van der Waals surface area contributed by atoms with Crippen molar-refractivity contribution in [3.05, 3.63) is 17.7 Å². The van der Waals surface area contributed by atoms with Crippen molar-refractivity contribution in [3.63, 3.8) is 0 Å². The molecule has 0 radical (unpaired) electrons. The summed E-state index contributed by atoms with van der Waals surface area (Å²) in [7, 11) is 12.2. The lowest BCUT2D eigenvalue weighted by Gasteiger charge is -2.19. The molecule has 0 aliphatic carbocycles. The number of rotatable bonds is 16. The van der Waals surface area contributed by atoms with Gasteiger partial charge in [-0.3, -0.25) is 4.79 Å². The molecular weight excluding hydrogens is 394 g/mol. The second-order valence-corrected chi connectivity index (χ2v) is 7.94. The number of hydrogen-bond donors (Lipinski definition) is 0. The van der Waals surface area contributed by atoms with Crippen LogP contribution in [-0.2, 0) is 0 Å². The van der Waals surface area contributed by atoms with E-state index in [1.807, 2.05) is 56.1 Å². The molecule has 0 aromatic heterocycles. The SMILES string of the molecule is CC.CN(C)CCCOc1ccc(C=O)c(OCCCN(C)C)c1OCCCN(C)C. The van der Waals surface area contributed by atoms with E-state index in [-0.39, 0.29) is 0 Å². The molecule has 1 rings (SSSR count). The van der Waals surface area contributed by atoms with Crippen molar-refractivity contribution in [3.8, 4) is 17.2 Å². The maximum Gasteiger partial charge on any atom is 0.204 e. The van der Waals surface area contributed by atoms with E-state index in [0.29, 0.717) is 42.6 Å². The van der Waals surface area contributed by atoms with Crippen LogP contribution in [0, 0.1) is 0 Å². The summed E-state index contributed by atoms with van der Waals surface area (Å²) in [6.45, 7) is 8.40. The molecule has 1 aromatic rings. The predicted molar refractivity (Wildman–Crippen MR) is 129 cm³/mol. The highest BCUT2D eigenvalue weighted by atomic mass is 16.5. The van der Waals surface area contributed by atoms with Crippen LogP contribution in [0.1, 0.15) is 43.5 Å². The lowest BCUT2D eigenvalue weighted by atomic mass is 10.2. The Labute approximate surface area is 190 Å². The molecule has 0 aliphatic rings. The minimum Gasteiger partial charge on any atom is -0.489 e. The molecule has 0 spiro atoms. The van der Waals surface area contributed by atoms with E-state index < -0.39 is 0 Å². The highest BCUT2D eigenvalue weighted by molar-refractivity contribution is 5.82. The second kappa shape index (κ2) is 17.8. The van der Waals surface area contributed by atoms with Gasteiger partial charge in [-0.2, -0.15) is 0 Å². The number of hydrogen-bond acceptors (Lipinski definition) is 7. The third kappa shape index (κ3) is 13.2. The van der Waals surface area contributed by atoms with Crippen LogP contribution < -0.4 is 14.2 Å². The molecule has 0 fully saturated rings. The van der Waals surface area contributed by atoms with Crippen molar-refractivity contribution in [2.45, 2.75) is 33.1 Å². The van der Waals surface area contributed by atoms with Gasteiger partial charge in [-0.25, -0.2) is 0 Å². The third-order valence-electron chi connectivity index (χ3n) is 4.23. The molecule has 0 N–H and O–H groups in total. The van der Waals surface area contributed by atoms with Gasteiger partial charge in [-0.05, 0) is 73.7 Å². The van der Waals surface area contributed by atoms with Gasteiger partial charge in [-0.1, -0.05) is 13.8 Å². The Bertz CT molecular complexity index is 592. The number of aldehydes is 1. The molecule has 0 aliphatic heterocycles. The quantitative estimate of drug-likeness (QED) is 0.289.